The summed E-state index contributed by atoms with van der Waals surface area (Å²) in [5.74, 6) is 1.73. The summed E-state index contributed by atoms with van der Waals surface area (Å²) >= 11 is 3.51. The number of amides is 1. The van der Waals surface area contributed by atoms with Gasteiger partial charge in [0.1, 0.15) is 11.6 Å². The van der Waals surface area contributed by atoms with Crippen LogP contribution in [0.4, 0.5) is 5.82 Å². The Morgan fingerprint density at radius 3 is 2.88 bits per heavy atom. The van der Waals surface area contributed by atoms with Gasteiger partial charge in [-0.2, -0.15) is 0 Å². The van der Waals surface area contributed by atoms with Crippen molar-refractivity contribution in [1.29, 1.82) is 0 Å². The second-order valence-corrected chi connectivity index (χ2v) is 7.33. The quantitative estimate of drug-likeness (QED) is 0.787. The van der Waals surface area contributed by atoms with E-state index >= 15 is 0 Å². The van der Waals surface area contributed by atoms with Crippen molar-refractivity contribution in [1.82, 2.24) is 4.98 Å². The van der Waals surface area contributed by atoms with Crippen LogP contribution in [0, 0.1) is 5.92 Å². The Morgan fingerprint density at radius 2 is 2.12 bits per heavy atom. The molecule has 0 N–H and O–H groups in total. The predicted molar refractivity (Wildman–Crippen MR) is 97.8 cm³/mol. The van der Waals surface area contributed by atoms with E-state index in [2.05, 4.69) is 27.0 Å². The van der Waals surface area contributed by atoms with E-state index in [1.54, 1.807) is 18.2 Å². The van der Waals surface area contributed by atoms with Gasteiger partial charge in [-0.15, -0.1) is 0 Å². The molecule has 0 saturated carbocycles. The summed E-state index contributed by atoms with van der Waals surface area (Å²) < 4.78 is 11.7. The number of fused-ring (bicyclic) bond motifs is 3. The number of carbonyl (C=O) groups is 1. The maximum absolute atomic E-state index is 13.1. The van der Waals surface area contributed by atoms with Crippen molar-refractivity contribution in [3.63, 3.8) is 0 Å². The average Bonchev–Trinajstić information content (AvgIpc) is 2.66. The van der Waals surface area contributed by atoms with Gasteiger partial charge in [-0.1, -0.05) is 12.1 Å². The third kappa shape index (κ3) is 3.04. The van der Waals surface area contributed by atoms with Gasteiger partial charge >= 0.3 is 0 Å². The molecule has 0 spiro atoms. The first kappa shape index (κ1) is 16.5. The molecule has 0 radical (unpaired) electrons. The zero-order chi connectivity index (χ0) is 17.4. The Balaban J connectivity index is 1.71. The number of halogens is 1. The molecule has 1 fully saturated rings. The lowest BCUT2D eigenvalue weighted by Gasteiger charge is -2.40. The van der Waals surface area contributed by atoms with E-state index in [-0.39, 0.29) is 17.7 Å². The summed E-state index contributed by atoms with van der Waals surface area (Å²) in [7, 11) is 1.64. The fourth-order valence-electron chi connectivity index (χ4n) is 3.67. The molecule has 0 aliphatic carbocycles. The molecular formula is C19H19BrN2O3. The molecule has 1 aromatic heterocycles. The van der Waals surface area contributed by atoms with E-state index in [4.69, 9.17) is 9.47 Å². The maximum atomic E-state index is 13.1. The highest BCUT2D eigenvalue weighted by molar-refractivity contribution is 9.10. The molecule has 1 amide bonds. The first-order chi connectivity index (χ1) is 12.2. The van der Waals surface area contributed by atoms with Gasteiger partial charge in [0.05, 0.1) is 26.2 Å². The minimum atomic E-state index is -0.129. The first-order valence-electron chi connectivity index (χ1n) is 8.35. The number of hydrogen-bond acceptors (Lipinski definition) is 4. The lowest BCUT2D eigenvalue weighted by molar-refractivity contribution is -0.128. The highest BCUT2D eigenvalue weighted by Gasteiger charge is 2.42. The fourth-order valence-corrected chi connectivity index (χ4v) is 4.02. The molecule has 2 atom stereocenters. The molecule has 6 heteroatoms. The zero-order valence-corrected chi connectivity index (χ0v) is 15.5. The summed E-state index contributed by atoms with van der Waals surface area (Å²) in [6, 6.07) is 9.87. The molecule has 4 rings (SSSR count). The fraction of sp³-hybridized carbons (Fsp3) is 0.368. The van der Waals surface area contributed by atoms with Gasteiger partial charge in [-0.25, -0.2) is 4.98 Å². The third-order valence-corrected chi connectivity index (χ3v) is 5.39. The van der Waals surface area contributed by atoms with Crippen LogP contribution in [0.15, 0.2) is 41.0 Å². The number of methoxy groups -OCH3 is 1. The van der Waals surface area contributed by atoms with Gasteiger partial charge in [-0.3, -0.25) is 9.69 Å². The normalized spacial score (nSPS) is 22.3. The van der Waals surface area contributed by atoms with Crippen molar-refractivity contribution in [2.24, 2.45) is 5.92 Å². The highest BCUT2D eigenvalue weighted by Crippen LogP contribution is 2.43. The van der Waals surface area contributed by atoms with E-state index in [0.29, 0.717) is 19.8 Å². The predicted octanol–water partition coefficient (Wildman–Crippen LogP) is 3.52. The summed E-state index contributed by atoms with van der Waals surface area (Å²) in [5, 5.41) is 0. The highest BCUT2D eigenvalue weighted by atomic mass is 79.9. The minimum absolute atomic E-state index is 0.0999. The van der Waals surface area contributed by atoms with Gasteiger partial charge < -0.3 is 9.47 Å². The minimum Gasteiger partial charge on any atom is -0.497 e. The van der Waals surface area contributed by atoms with Gasteiger partial charge in [0.25, 0.3) is 0 Å². The number of nitrogens with zero attached hydrogens (tertiary/aromatic N) is 2. The molecule has 1 saturated heterocycles. The van der Waals surface area contributed by atoms with Crippen LogP contribution in [0.1, 0.15) is 23.5 Å². The number of ether oxygens (including phenoxy) is 2. The summed E-state index contributed by atoms with van der Waals surface area (Å²) in [4.78, 5) is 19.5. The monoisotopic (exact) mass is 402 g/mol. The molecule has 1 aromatic carbocycles. The largest absolute Gasteiger partial charge is 0.497 e. The van der Waals surface area contributed by atoms with E-state index in [1.165, 1.54) is 0 Å². The number of benzene rings is 1. The molecule has 2 aromatic rings. The lowest BCUT2D eigenvalue weighted by Crippen LogP contribution is -2.47. The van der Waals surface area contributed by atoms with E-state index in [1.807, 2.05) is 24.3 Å². The van der Waals surface area contributed by atoms with E-state index in [9.17, 15) is 4.79 Å². The molecule has 130 valence electrons. The topological polar surface area (TPSA) is 51.7 Å². The molecule has 1 unspecified atom stereocenters. The second kappa shape index (κ2) is 6.77. The number of pyridine rings is 1. The summed E-state index contributed by atoms with van der Waals surface area (Å²) in [6.45, 7) is 1.67. The van der Waals surface area contributed by atoms with Crippen molar-refractivity contribution in [2.45, 2.75) is 18.9 Å². The van der Waals surface area contributed by atoms with Crippen LogP contribution in [0.5, 0.6) is 5.75 Å². The number of carbonyl (C=O) groups excluding carboxylic acids is 1. The summed E-state index contributed by atoms with van der Waals surface area (Å²) in [6.07, 6.45) is 2.62. The van der Waals surface area contributed by atoms with Crippen molar-refractivity contribution >= 4 is 27.7 Å². The van der Waals surface area contributed by atoms with Crippen LogP contribution in [0.2, 0.25) is 0 Å². The molecule has 5 nitrogen and oxygen atoms in total. The molecule has 3 heterocycles. The van der Waals surface area contributed by atoms with Crippen molar-refractivity contribution < 1.29 is 14.3 Å². The zero-order valence-electron chi connectivity index (χ0n) is 13.9. The Morgan fingerprint density at radius 1 is 1.32 bits per heavy atom. The Bertz CT molecular complexity index is 794. The van der Waals surface area contributed by atoms with Gasteiger partial charge in [0.2, 0.25) is 5.91 Å². The van der Waals surface area contributed by atoms with Gasteiger partial charge in [0.15, 0.2) is 0 Å². The van der Waals surface area contributed by atoms with Crippen LogP contribution in [-0.4, -0.2) is 31.2 Å². The number of hydrogen-bond donors (Lipinski definition) is 0. The van der Waals surface area contributed by atoms with Crippen LogP contribution in [0.3, 0.4) is 0 Å². The molecule has 2 aliphatic rings. The summed E-state index contributed by atoms with van der Waals surface area (Å²) in [5.41, 5.74) is 2.18. The van der Waals surface area contributed by atoms with Crippen LogP contribution in [0.25, 0.3) is 0 Å². The van der Waals surface area contributed by atoms with Gasteiger partial charge in [0, 0.05) is 28.8 Å². The second-order valence-electron chi connectivity index (χ2n) is 6.42. The SMILES string of the molecule is COc1ccc(CN2C(=O)C3COCC[C@H]3c3cc(Br)cnc32)cc1. The maximum Gasteiger partial charge on any atom is 0.234 e. The molecule has 25 heavy (non-hydrogen) atoms. The van der Waals surface area contributed by atoms with Crippen LogP contribution in [-0.2, 0) is 16.1 Å². The van der Waals surface area contributed by atoms with Crippen molar-refractivity contribution in [3.05, 3.63) is 52.1 Å². The standard InChI is InChI=1S/C19H19BrN2O3/c1-24-14-4-2-12(3-5-14)10-22-18-16(8-13(20)9-21-18)15-6-7-25-11-17(15)19(22)23/h2-5,8-9,15,17H,6-7,10-11H2,1H3/t15-,17?/m0/s1. The van der Waals surface area contributed by atoms with Gasteiger partial charge in [-0.05, 0) is 46.1 Å². The third-order valence-electron chi connectivity index (χ3n) is 4.96. The first-order valence-corrected chi connectivity index (χ1v) is 9.14. The Hall–Kier alpha value is -1.92. The molecule has 0 bridgehead atoms. The molecule has 2 aliphatic heterocycles. The number of aromatic nitrogens is 1. The number of rotatable bonds is 3. The van der Waals surface area contributed by atoms with Crippen LogP contribution < -0.4 is 9.64 Å². The van der Waals surface area contributed by atoms with E-state index < -0.39 is 0 Å². The van der Waals surface area contributed by atoms with Crippen molar-refractivity contribution in [3.8, 4) is 5.75 Å². The molecular weight excluding hydrogens is 384 g/mol. The Kier molecular flexibility index (Phi) is 4.48. The van der Waals surface area contributed by atoms with Crippen LogP contribution >= 0.6 is 15.9 Å². The smallest absolute Gasteiger partial charge is 0.234 e. The Labute approximate surface area is 155 Å². The number of anilines is 1. The van der Waals surface area contributed by atoms with Crippen molar-refractivity contribution in [2.75, 3.05) is 25.2 Å². The van der Waals surface area contributed by atoms with E-state index in [0.717, 1.165) is 33.6 Å². The average molecular weight is 403 g/mol. The lowest BCUT2D eigenvalue weighted by atomic mass is 9.79.